The first-order valence-corrected chi connectivity index (χ1v) is 11.0. The molecular weight excluding hydrogens is 396 g/mol. The van der Waals surface area contributed by atoms with Crippen LogP contribution in [-0.2, 0) is 14.9 Å². The fourth-order valence-electron chi connectivity index (χ4n) is 3.28. The number of hydrogen-bond donors (Lipinski definition) is 3. The number of alkyl carbamates (subject to hydrolysis) is 1. The summed E-state index contributed by atoms with van der Waals surface area (Å²) in [4.78, 5) is 12.3. The number of benzene rings is 1. The van der Waals surface area contributed by atoms with Crippen molar-refractivity contribution < 1.29 is 22.7 Å². The van der Waals surface area contributed by atoms with Crippen molar-refractivity contribution in [1.29, 1.82) is 5.26 Å². The number of nitrogens with one attached hydrogen (secondary N) is 2. The standard InChI is InChI=1S/C19H28N4O5S/c1-18(2,3)28-17(24)22-19(10-5-4-6-11-19)13-27-16-9-7-8-15(14(16)12-20)23-29(21,25)26/h7-9,23H,4-6,10-11,13H2,1-3H3,(H,22,24)(H2,21,25,26). The third-order valence-corrected chi connectivity index (χ3v) is 4.98. The lowest BCUT2D eigenvalue weighted by molar-refractivity contribution is 0.0364. The van der Waals surface area contributed by atoms with E-state index in [-0.39, 0.29) is 23.6 Å². The number of nitrogens with zero attached hydrogens (tertiary/aromatic N) is 1. The zero-order valence-corrected chi connectivity index (χ0v) is 17.8. The number of hydrogen-bond acceptors (Lipinski definition) is 6. The molecule has 1 fully saturated rings. The average molecular weight is 425 g/mol. The fraction of sp³-hybridized carbons (Fsp3) is 0.579. The summed E-state index contributed by atoms with van der Waals surface area (Å²) in [7, 11) is -4.04. The molecule has 0 bridgehead atoms. The van der Waals surface area contributed by atoms with Crippen LogP contribution in [0, 0.1) is 11.3 Å². The number of carbonyl (C=O) groups excluding carboxylic acids is 1. The van der Waals surface area contributed by atoms with Crippen molar-refractivity contribution in [2.45, 2.75) is 64.0 Å². The molecule has 2 rings (SSSR count). The summed E-state index contributed by atoms with van der Waals surface area (Å²) >= 11 is 0. The summed E-state index contributed by atoms with van der Waals surface area (Å²) < 4.78 is 36.0. The predicted octanol–water partition coefficient (Wildman–Crippen LogP) is 2.78. The van der Waals surface area contributed by atoms with Crippen LogP contribution in [0.3, 0.4) is 0 Å². The third kappa shape index (κ3) is 7.11. The van der Waals surface area contributed by atoms with Crippen molar-refractivity contribution in [3.63, 3.8) is 0 Å². The van der Waals surface area contributed by atoms with E-state index < -0.39 is 27.4 Å². The molecule has 0 heterocycles. The van der Waals surface area contributed by atoms with E-state index in [1.54, 1.807) is 32.9 Å². The molecular formula is C19H28N4O5S. The number of amides is 1. The maximum Gasteiger partial charge on any atom is 0.408 e. The van der Waals surface area contributed by atoms with Gasteiger partial charge in [-0.3, -0.25) is 4.72 Å². The molecule has 1 aromatic carbocycles. The van der Waals surface area contributed by atoms with Crippen molar-refractivity contribution in [1.82, 2.24) is 5.32 Å². The normalized spacial score (nSPS) is 16.4. The molecule has 29 heavy (non-hydrogen) atoms. The Morgan fingerprint density at radius 2 is 1.93 bits per heavy atom. The highest BCUT2D eigenvalue weighted by molar-refractivity contribution is 7.90. The first-order valence-electron chi connectivity index (χ1n) is 9.41. The van der Waals surface area contributed by atoms with Crippen molar-refractivity contribution in [2.24, 2.45) is 5.14 Å². The Bertz CT molecular complexity index is 881. The zero-order chi connectivity index (χ0) is 21.7. The van der Waals surface area contributed by atoms with Crippen LogP contribution in [0.15, 0.2) is 18.2 Å². The lowest BCUT2D eigenvalue weighted by Gasteiger charge is -2.38. The average Bonchev–Trinajstić information content (AvgIpc) is 2.58. The molecule has 10 heteroatoms. The van der Waals surface area contributed by atoms with Gasteiger partial charge in [0.15, 0.2) is 0 Å². The minimum absolute atomic E-state index is 0.0183. The Hall–Kier alpha value is -2.51. The van der Waals surface area contributed by atoms with Crippen molar-refractivity contribution >= 4 is 22.0 Å². The van der Waals surface area contributed by atoms with Crippen molar-refractivity contribution in [3.8, 4) is 11.8 Å². The first-order chi connectivity index (χ1) is 13.4. The second kappa shape index (κ2) is 8.88. The van der Waals surface area contributed by atoms with Crippen LogP contribution >= 0.6 is 0 Å². The van der Waals surface area contributed by atoms with Crippen LogP contribution in [0.1, 0.15) is 58.4 Å². The van der Waals surface area contributed by atoms with E-state index in [1.807, 2.05) is 6.07 Å². The smallest absolute Gasteiger partial charge is 0.408 e. The van der Waals surface area contributed by atoms with Gasteiger partial charge in [-0.15, -0.1) is 0 Å². The summed E-state index contributed by atoms with van der Waals surface area (Å²) in [5.41, 5.74) is -1.20. The molecule has 0 atom stereocenters. The molecule has 0 spiro atoms. The highest BCUT2D eigenvalue weighted by Crippen LogP contribution is 2.32. The lowest BCUT2D eigenvalue weighted by atomic mass is 9.82. The molecule has 1 amide bonds. The molecule has 0 saturated heterocycles. The van der Waals surface area contributed by atoms with E-state index in [0.717, 1.165) is 19.3 Å². The molecule has 4 N–H and O–H groups in total. The Morgan fingerprint density at radius 3 is 2.48 bits per heavy atom. The number of nitriles is 1. The highest BCUT2D eigenvalue weighted by Gasteiger charge is 2.36. The number of anilines is 1. The van der Waals surface area contributed by atoms with E-state index in [0.29, 0.717) is 12.8 Å². The summed E-state index contributed by atoms with van der Waals surface area (Å²) in [5, 5.41) is 17.4. The van der Waals surface area contributed by atoms with Crippen LogP contribution in [0.4, 0.5) is 10.5 Å². The van der Waals surface area contributed by atoms with Gasteiger partial charge in [-0.1, -0.05) is 25.3 Å². The van der Waals surface area contributed by atoms with Gasteiger partial charge in [0.1, 0.15) is 29.6 Å². The molecule has 0 aliphatic heterocycles. The number of nitrogens with two attached hydrogens (primary N) is 1. The van der Waals surface area contributed by atoms with Gasteiger partial charge in [0, 0.05) is 0 Å². The summed E-state index contributed by atoms with van der Waals surface area (Å²) in [5.74, 6) is 0.206. The highest BCUT2D eigenvalue weighted by atomic mass is 32.2. The SMILES string of the molecule is CC(C)(C)OC(=O)NC1(COc2cccc(NS(N)(=O)=O)c2C#N)CCCCC1. The quantitative estimate of drug-likeness (QED) is 0.640. The van der Waals surface area contributed by atoms with Gasteiger partial charge in [0.2, 0.25) is 0 Å². The third-order valence-electron chi connectivity index (χ3n) is 4.47. The van der Waals surface area contributed by atoms with Gasteiger partial charge < -0.3 is 14.8 Å². The Balaban J connectivity index is 2.20. The topological polar surface area (TPSA) is 144 Å². The van der Waals surface area contributed by atoms with E-state index in [9.17, 15) is 18.5 Å². The Labute approximate surface area is 171 Å². The summed E-state index contributed by atoms with van der Waals surface area (Å²) in [6, 6.07) is 6.48. The number of carbonyl (C=O) groups is 1. The Kier molecular flexibility index (Phi) is 6.97. The number of rotatable bonds is 6. The van der Waals surface area contributed by atoms with Crippen molar-refractivity contribution in [3.05, 3.63) is 23.8 Å². The van der Waals surface area contributed by atoms with Gasteiger partial charge >= 0.3 is 6.09 Å². The minimum Gasteiger partial charge on any atom is -0.490 e. The van der Waals surface area contributed by atoms with E-state index >= 15 is 0 Å². The van der Waals surface area contributed by atoms with Gasteiger partial charge in [-0.25, -0.2) is 9.93 Å². The lowest BCUT2D eigenvalue weighted by Crippen LogP contribution is -2.54. The fourth-order valence-corrected chi connectivity index (χ4v) is 3.75. The first kappa shape index (κ1) is 22.8. The second-order valence-electron chi connectivity index (χ2n) is 8.19. The summed E-state index contributed by atoms with van der Waals surface area (Å²) in [6.07, 6.45) is 3.82. The molecule has 0 aromatic heterocycles. The molecule has 9 nitrogen and oxygen atoms in total. The maximum atomic E-state index is 12.3. The van der Waals surface area contributed by atoms with Gasteiger partial charge in [0.05, 0.1) is 11.2 Å². The van der Waals surface area contributed by atoms with E-state index in [2.05, 4.69) is 10.0 Å². The van der Waals surface area contributed by atoms with Gasteiger partial charge in [0.25, 0.3) is 10.2 Å². The molecule has 1 aliphatic carbocycles. The predicted molar refractivity (Wildman–Crippen MR) is 109 cm³/mol. The number of ether oxygens (including phenoxy) is 2. The van der Waals surface area contributed by atoms with Gasteiger partial charge in [-0.2, -0.15) is 13.7 Å². The zero-order valence-electron chi connectivity index (χ0n) is 16.9. The molecule has 1 aliphatic rings. The van der Waals surface area contributed by atoms with Crippen LogP contribution in [0.2, 0.25) is 0 Å². The monoisotopic (exact) mass is 424 g/mol. The largest absolute Gasteiger partial charge is 0.490 e. The summed E-state index contributed by atoms with van der Waals surface area (Å²) in [6.45, 7) is 5.50. The molecule has 1 aromatic rings. The Morgan fingerprint density at radius 1 is 1.28 bits per heavy atom. The second-order valence-corrected chi connectivity index (χ2v) is 9.49. The van der Waals surface area contributed by atoms with E-state index in [1.165, 1.54) is 6.07 Å². The molecule has 0 unspecified atom stereocenters. The minimum atomic E-state index is -4.04. The van der Waals surface area contributed by atoms with Gasteiger partial charge in [-0.05, 0) is 45.7 Å². The molecule has 1 saturated carbocycles. The van der Waals surface area contributed by atoms with Crippen molar-refractivity contribution in [2.75, 3.05) is 11.3 Å². The maximum absolute atomic E-state index is 12.3. The van der Waals surface area contributed by atoms with Crippen LogP contribution in [0.25, 0.3) is 0 Å². The van der Waals surface area contributed by atoms with Crippen LogP contribution in [-0.4, -0.2) is 32.3 Å². The van der Waals surface area contributed by atoms with Crippen LogP contribution in [0.5, 0.6) is 5.75 Å². The molecule has 0 radical (unpaired) electrons. The van der Waals surface area contributed by atoms with E-state index in [4.69, 9.17) is 14.6 Å². The van der Waals surface area contributed by atoms with Crippen LogP contribution < -0.4 is 19.9 Å². The molecule has 160 valence electrons.